The van der Waals surface area contributed by atoms with Gasteiger partial charge in [0.15, 0.2) is 0 Å². The zero-order valence-electron chi connectivity index (χ0n) is 6.63. The van der Waals surface area contributed by atoms with Crippen molar-refractivity contribution in [2.24, 2.45) is 0 Å². The summed E-state index contributed by atoms with van der Waals surface area (Å²) in [5.74, 6) is 5.29. The normalized spacial score (nSPS) is 19.7. The predicted octanol–water partition coefficient (Wildman–Crippen LogP) is 0.811. The number of hydrogen-bond donors (Lipinski definition) is 0. The van der Waals surface area contributed by atoms with Gasteiger partial charge in [-0.1, -0.05) is 0 Å². The minimum Gasteiger partial charge on any atom is -0.315 e. The van der Waals surface area contributed by atoms with E-state index in [1.165, 1.54) is 11.5 Å². The Balaban J connectivity index is 2.42. The molecule has 0 bridgehead atoms. The summed E-state index contributed by atoms with van der Waals surface area (Å²) in [6, 6.07) is 0.807. The zero-order chi connectivity index (χ0) is 7.61. The molecule has 1 aliphatic heterocycles. The van der Waals surface area contributed by atoms with Crippen molar-refractivity contribution in [3.63, 3.8) is 0 Å². The summed E-state index contributed by atoms with van der Waals surface area (Å²) < 4.78 is 1.00. The van der Waals surface area contributed by atoms with E-state index in [2.05, 4.69) is 20.0 Å². The van der Waals surface area contributed by atoms with Gasteiger partial charge in [-0.25, -0.2) is 0 Å². The maximum atomic E-state index is 5.26. The Morgan fingerprint density at radius 2 is 2.20 bits per heavy atom. The minimum absolute atomic E-state index is 0.807. The first-order valence-electron chi connectivity index (χ1n) is 3.50. The van der Waals surface area contributed by atoms with Crippen LogP contribution in [-0.4, -0.2) is 42.7 Å². The van der Waals surface area contributed by atoms with Crippen molar-refractivity contribution < 1.29 is 4.48 Å². The lowest BCUT2D eigenvalue weighted by atomic mass is 10.2. The number of rotatable bonds is 2. The van der Waals surface area contributed by atoms with Crippen LogP contribution in [0.2, 0.25) is 0 Å². The monoisotopic (exact) mass is 156 g/mol. The molecule has 0 atom stereocenters. The molecule has 0 aromatic rings. The maximum absolute atomic E-state index is 5.26. The summed E-state index contributed by atoms with van der Waals surface area (Å²) in [4.78, 5) is 0. The van der Waals surface area contributed by atoms with E-state index >= 15 is 0 Å². The van der Waals surface area contributed by atoms with Crippen LogP contribution in [0.15, 0.2) is 0 Å². The summed E-state index contributed by atoms with van der Waals surface area (Å²) in [5, 5.41) is 0. The van der Waals surface area contributed by atoms with Crippen molar-refractivity contribution in [2.45, 2.75) is 6.04 Å². The molecule has 1 saturated heterocycles. The van der Waals surface area contributed by atoms with E-state index in [1.807, 2.05) is 11.8 Å². The SMILES string of the molecule is C#CC[N+](C)(C)C1CSC1. The molecule has 1 fully saturated rings. The van der Waals surface area contributed by atoms with Gasteiger partial charge in [-0.15, -0.1) is 18.2 Å². The molecule has 0 aliphatic carbocycles. The Kier molecular flexibility index (Phi) is 2.28. The fraction of sp³-hybridized carbons (Fsp3) is 0.750. The molecule has 0 N–H and O–H groups in total. The zero-order valence-corrected chi connectivity index (χ0v) is 7.45. The molecular formula is C8H14NS+. The van der Waals surface area contributed by atoms with Gasteiger partial charge in [0.1, 0.15) is 12.6 Å². The van der Waals surface area contributed by atoms with Gasteiger partial charge in [-0.2, -0.15) is 0 Å². The summed E-state index contributed by atoms with van der Waals surface area (Å²) in [7, 11) is 4.43. The third-order valence-corrected chi connectivity index (χ3v) is 3.35. The smallest absolute Gasteiger partial charge is 0.140 e. The standard InChI is InChI=1S/C8H14NS/c1-4-5-9(2,3)8-6-10-7-8/h1,8H,5-7H2,2-3H3/q+1. The highest BCUT2D eigenvalue weighted by atomic mass is 32.2. The lowest BCUT2D eigenvalue weighted by Crippen LogP contribution is -2.55. The predicted molar refractivity (Wildman–Crippen MR) is 46.9 cm³/mol. The molecule has 0 aromatic heterocycles. The molecule has 0 amide bonds. The van der Waals surface area contributed by atoms with E-state index in [4.69, 9.17) is 6.42 Å². The molecule has 1 nitrogen and oxygen atoms in total. The molecule has 0 spiro atoms. The van der Waals surface area contributed by atoms with Gasteiger partial charge in [0.2, 0.25) is 0 Å². The van der Waals surface area contributed by atoms with E-state index in [0.29, 0.717) is 0 Å². The maximum Gasteiger partial charge on any atom is 0.140 e. The van der Waals surface area contributed by atoms with Crippen LogP contribution in [0.25, 0.3) is 0 Å². The van der Waals surface area contributed by atoms with Gasteiger partial charge in [-0.3, -0.25) is 0 Å². The molecule has 1 heterocycles. The van der Waals surface area contributed by atoms with Crippen LogP contribution in [0.4, 0.5) is 0 Å². The Morgan fingerprint density at radius 1 is 1.60 bits per heavy atom. The first kappa shape index (κ1) is 7.97. The molecule has 2 heteroatoms. The molecule has 10 heavy (non-hydrogen) atoms. The molecule has 0 aromatic carbocycles. The molecule has 0 saturated carbocycles. The lowest BCUT2D eigenvalue weighted by Gasteiger charge is -2.41. The van der Waals surface area contributed by atoms with Crippen LogP contribution in [0.3, 0.4) is 0 Å². The third-order valence-electron chi connectivity index (χ3n) is 2.11. The lowest BCUT2D eigenvalue weighted by molar-refractivity contribution is -0.904. The third kappa shape index (κ3) is 1.47. The largest absolute Gasteiger partial charge is 0.315 e. The van der Waals surface area contributed by atoms with Gasteiger partial charge in [0.05, 0.1) is 14.1 Å². The van der Waals surface area contributed by atoms with E-state index in [1.54, 1.807) is 0 Å². The average Bonchev–Trinajstić information content (AvgIpc) is 1.56. The van der Waals surface area contributed by atoms with Gasteiger partial charge < -0.3 is 4.48 Å². The second-order valence-corrected chi connectivity index (χ2v) is 4.41. The van der Waals surface area contributed by atoms with Crippen molar-refractivity contribution in [3.8, 4) is 12.3 Å². The Hall–Kier alpha value is -0.130. The minimum atomic E-state index is 0.807. The number of quaternary nitrogens is 1. The highest BCUT2D eigenvalue weighted by molar-refractivity contribution is 8.00. The summed E-state index contributed by atoms with van der Waals surface area (Å²) >= 11 is 2.01. The van der Waals surface area contributed by atoms with Gasteiger partial charge >= 0.3 is 0 Å². The molecule has 0 unspecified atom stereocenters. The number of hydrogen-bond acceptors (Lipinski definition) is 1. The van der Waals surface area contributed by atoms with Crippen LogP contribution in [0.1, 0.15) is 0 Å². The highest BCUT2D eigenvalue weighted by Gasteiger charge is 2.33. The van der Waals surface area contributed by atoms with Crippen molar-refractivity contribution in [3.05, 3.63) is 0 Å². The van der Waals surface area contributed by atoms with Crippen LogP contribution >= 0.6 is 11.8 Å². The van der Waals surface area contributed by atoms with E-state index in [-0.39, 0.29) is 0 Å². The van der Waals surface area contributed by atoms with Gasteiger partial charge in [0, 0.05) is 11.5 Å². The highest BCUT2D eigenvalue weighted by Crippen LogP contribution is 2.25. The van der Waals surface area contributed by atoms with Crippen LogP contribution in [0, 0.1) is 12.3 Å². The first-order valence-corrected chi connectivity index (χ1v) is 4.66. The van der Waals surface area contributed by atoms with Crippen LogP contribution < -0.4 is 0 Å². The Bertz CT molecular complexity index is 153. The van der Waals surface area contributed by atoms with Crippen molar-refractivity contribution >= 4 is 11.8 Å². The topological polar surface area (TPSA) is 0 Å². The number of thioether (sulfide) groups is 1. The second kappa shape index (κ2) is 2.86. The van der Waals surface area contributed by atoms with Gasteiger partial charge in [-0.05, 0) is 5.92 Å². The number of terminal acetylenes is 1. The quantitative estimate of drug-likeness (QED) is 0.421. The van der Waals surface area contributed by atoms with Crippen LogP contribution in [0.5, 0.6) is 0 Å². The van der Waals surface area contributed by atoms with E-state index in [0.717, 1.165) is 17.1 Å². The second-order valence-electron chi connectivity index (χ2n) is 3.33. The van der Waals surface area contributed by atoms with Crippen LogP contribution in [-0.2, 0) is 0 Å². The summed E-state index contributed by atoms with van der Waals surface area (Å²) in [6.07, 6.45) is 5.26. The van der Waals surface area contributed by atoms with E-state index in [9.17, 15) is 0 Å². The summed E-state index contributed by atoms with van der Waals surface area (Å²) in [5.41, 5.74) is 0. The van der Waals surface area contributed by atoms with Gasteiger partial charge in [0.25, 0.3) is 0 Å². The molecule has 56 valence electrons. The Labute approximate surface area is 67.4 Å². The fourth-order valence-electron chi connectivity index (χ4n) is 0.991. The molecular weight excluding hydrogens is 142 g/mol. The van der Waals surface area contributed by atoms with Crippen molar-refractivity contribution in [2.75, 3.05) is 32.1 Å². The van der Waals surface area contributed by atoms with Crippen molar-refractivity contribution in [1.29, 1.82) is 0 Å². The van der Waals surface area contributed by atoms with Crippen molar-refractivity contribution in [1.82, 2.24) is 0 Å². The summed E-state index contributed by atoms with van der Waals surface area (Å²) in [6.45, 7) is 0.866. The molecule has 1 rings (SSSR count). The molecule has 1 aliphatic rings. The fourth-order valence-corrected chi connectivity index (χ4v) is 2.24. The van der Waals surface area contributed by atoms with E-state index < -0.39 is 0 Å². The average molecular weight is 156 g/mol. The molecule has 0 radical (unpaired) electrons. The first-order chi connectivity index (χ1) is 4.67. The number of nitrogens with zero attached hydrogens (tertiary/aromatic N) is 1. The Morgan fingerprint density at radius 3 is 2.50 bits per heavy atom.